The van der Waals surface area contributed by atoms with E-state index in [-0.39, 0.29) is 18.0 Å². The zero-order valence-electron chi connectivity index (χ0n) is 15.1. The molecular weight excluding hydrogens is 354 g/mol. The van der Waals surface area contributed by atoms with Gasteiger partial charge in [-0.2, -0.15) is 13.2 Å². The topological polar surface area (TPSA) is 49.8 Å². The molecule has 0 saturated carbocycles. The fourth-order valence-electron chi connectivity index (χ4n) is 3.10. The number of ether oxygens (including phenoxy) is 1. The van der Waals surface area contributed by atoms with Crippen LogP contribution in [0.1, 0.15) is 51.3 Å². The second-order valence-corrected chi connectivity index (χ2v) is 7.72. The Hall–Kier alpha value is -1.83. The Balaban J connectivity index is 2.41. The Morgan fingerprint density at radius 2 is 1.88 bits per heavy atom. The largest absolute Gasteiger partial charge is 0.444 e. The Bertz CT molecular complexity index is 669. The van der Waals surface area contributed by atoms with Gasteiger partial charge in [0.2, 0.25) is 0 Å². The minimum absolute atomic E-state index is 0.0636. The molecule has 0 bridgehead atoms. The number of hydrogen-bond acceptors (Lipinski definition) is 3. The van der Waals surface area contributed by atoms with E-state index in [4.69, 9.17) is 4.74 Å². The van der Waals surface area contributed by atoms with Gasteiger partial charge < -0.3 is 9.84 Å². The number of likely N-dealkylation sites (tertiary alicyclic amines) is 1. The highest BCUT2D eigenvalue weighted by molar-refractivity contribution is 5.69. The van der Waals surface area contributed by atoms with E-state index in [2.05, 4.69) is 0 Å². The van der Waals surface area contributed by atoms with Crippen molar-refractivity contribution < 1.29 is 32.2 Å². The summed E-state index contributed by atoms with van der Waals surface area (Å²) in [6, 6.07) is 0.992. The number of amides is 1. The van der Waals surface area contributed by atoms with Gasteiger partial charge in [-0.1, -0.05) is 13.0 Å². The highest BCUT2D eigenvalue weighted by Gasteiger charge is 2.41. The molecule has 2 rings (SSSR count). The van der Waals surface area contributed by atoms with Crippen molar-refractivity contribution in [1.29, 1.82) is 0 Å². The lowest BCUT2D eigenvalue weighted by Gasteiger charge is -2.42. The maximum atomic E-state index is 14.4. The van der Waals surface area contributed by atoms with Crippen molar-refractivity contribution in [2.45, 2.75) is 58.0 Å². The summed E-state index contributed by atoms with van der Waals surface area (Å²) in [6.07, 6.45) is -6.24. The van der Waals surface area contributed by atoms with Crippen LogP contribution in [-0.4, -0.2) is 34.3 Å². The van der Waals surface area contributed by atoms with Crippen molar-refractivity contribution in [3.8, 4) is 0 Å². The molecule has 1 amide bonds. The Morgan fingerprint density at radius 3 is 2.38 bits per heavy atom. The lowest BCUT2D eigenvalue weighted by molar-refractivity contribution is -0.137. The van der Waals surface area contributed by atoms with Gasteiger partial charge in [-0.3, -0.25) is 4.90 Å². The fourth-order valence-corrected chi connectivity index (χ4v) is 3.10. The van der Waals surface area contributed by atoms with Crippen LogP contribution >= 0.6 is 0 Å². The molecule has 146 valence electrons. The van der Waals surface area contributed by atoms with E-state index in [0.29, 0.717) is 12.5 Å². The van der Waals surface area contributed by atoms with Crippen molar-refractivity contribution in [1.82, 2.24) is 4.90 Å². The molecular formula is C18H23F4NO3. The Morgan fingerprint density at radius 1 is 1.27 bits per heavy atom. The number of hydrogen-bond donors (Lipinski definition) is 1. The Kier molecular flexibility index (Phi) is 5.56. The van der Waals surface area contributed by atoms with Gasteiger partial charge in [0.15, 0.2) is 0 Å². The zero-order valence-corrected chi connectivity index (χ0v) is 15.1. The normalized spacial score (nSPS) is 24.5. The summed E-state index contributed by atoms with van der Waals surface area (Å²) in [7, 11) is 0. The van der Waals surface area contributed by atoms with Crippen molar-refractivity contribution in [2.24, 2.45) is 5.92 Å². The molecule has 0 aromatic heterocycles. The SMILES string of the molecule is C[C@@H]1C[C@H](O)[C@H](c2ccc(C(F)(F)F)cc2F)N(C(=O)OC(C)(C)C)C1. The molecule has 8 heteroatoms. The first-order valence-electron chi connectivity index (χ1n) is 8.34. The number of alkyl halides is 3. The van der Waals surface area contributed by atoms with E-state index in [1.54, 1.807) is 20.8 Å². The summed E-state index contributed by atoms with van der Waals surface area (Å²) in [4.78, 5) is 13.7. The van der Waals surface area contributed by atoms with Gasteiger partial charge in [0.25, 0.3) is 0 Å². The Labute approximate surface area is 149 Å². The third-order valence-electron chi connectivity index (χ3n) is 4.13. The smallest absolute Gasteiger partial charge is 0.416 e. The van der Waals surface area contributed by atoms with Crippen LogP contribution in [0, 0.1) is 11.7 Å². The second kappa shape index (κ2) is 7.06. The van der Waals surface area contributed by atoms with Crippen LogP contribution in [0.15, 0.2) is 18.2 Å². The first-order chi connectivity index (χ1) is 11.8. The van der Waals surface area contributed by atoms with Crippen LogP contribution in [0.2, 0.25) is 0 Å². The number of nitrogens with zero attached hydrogens (tertiary/aromatic N) is 1. The number of aliphatic hydroxyl groups excluding tert-OH is 1. The van der Waals surface area contributed by atoms with E-state index >= 15 is 0 Å². The molecule has 3 atom stereocenters. The number of aliphatic hydroxyl groups is 1. The molecule has 0 radical (unpaired) electrons. The highest BCUT2D eigenvalue weighted by Crippen LogP contribution is 2.38. The molecule has 4 nitrogen and oxygen atoms in total. The van der Waals surface area contributed by atoms with Gasteiger partial charge in [-0.25, -0.2) is 9.18 Å². The van der Waals surface area contributed by atoms with Gasteiger partial charge in [-0.05, 0) is 45.2 Å². The van der Waals surface area contributed by atoms with Crippen LogP contribution in [0.3, 0.4) is 0 Å². The molecule has 1 N–H and O–H groups in total. The van der Waals surface area contributed by atoms with Crippen LogP contribution in [-0.2, 0) is 10.9 Å². The quantitative estimate of drug-likeness (QED) is 0.732. The molecule has 0 unspecified atom stereocenters. The molecule has 1 heterocycles. The van der Waals surface area contributed by atoms with E-state index < -0.39 is 41.4 Å². The molecule has 1 fully saturated rings. The number of rotatable bonds is 1. The van der Waals surface area contributed by atoms with Crippen LogP contribution < -0.4 is 0 Å². The number of carbonyl (C=O) groups is 1. The van der Waals surface area contributed by atoms with Crippen molar-refractivity contribution in [2.75, 3.05) is 6.54 Å². The van der Waals surface area contributed by atoms with E-state index in [1.807, 2.05) is 6.92 Å². The minimum atomic E-state index is -4.68. The average molecular weight is 377 g/mol. The van der Waals surface area contributed by atoms with E-state index in [1.165, 1.54) is 4.90 Å². The summed E-state index contributed by atoms with van der Waals surface area (Å²) in [6.45, 7) is 7.03. The van der Waals surface area contributed by atoms with Crippen molar-refractivity contribution in [3.63, 3.8) is 0 Å². The third-order valence-corrected chi connectivity index (χ3v) is 4.13. The summed E-state index contributed by atoms with van der Waals surface area (Å²) in [5, 5.41) is 10.4. The molecule has 1 aliphatic heterocycles. The van der Waals surface area contributed by atoms with Crippen LogP contribution in [0.5, 0.6) is 0 Å². The van der Waals surface area contributed by atoms with Gasteiger partial charge in [-0.15, -0.1) is 0 Å². The maximum absolute atomic E-state index is 14.4. The highest BCUT2D eigenvalue weighted by atomic mass is 19.4. The molecule has 0 aliphatic carbocycles. The van der Waals surface area contributed by atoms with E-state index in [9.17, 15) is 27.5 Å². The van der Waals surface area contributed by atoms with E-state index in [0.717, 1.165) is 12.1 Å². The number of carbonyl (C=O) groups excluding carboxylic acids is 1. The molecule has 1 aromatic rings. The van der Waals surface area contributed by atoms with Crippen molar-refractivity contribution in [3.05, 3.63) is 35.1 Å². The second-order valence-electron chi connectivity index (χ2n) is 7.72. The molecule has 1 aromatic carbocycles. The number of benzene rings is 1. The lowest BCUT2D eigenvalue weighted by atomic mass is 9.87. The summed E-state index contributed by atoms with van der Waals surface area (Å²) in [5.74, 6) is -1.18. The maximum Gasteiger partial charge on any atom is 0.416 e. The fraction of sp³-hybridized carbons (Fsp3) is 0.611. The van der Waals surface area contributed by atoms with Gasteiger partial charge in [0.05, 0.1) is 17.7 Å². The average Bonchev–Trinajstić information content (AvgIpc) is 2.44. The number of piperidine rings is 1. The van der Waals surface area contributed by atoms with Gasteiger partial charge >= 0.3 is 12.3 Å². The van der Waals surface area contributed by atoms with Crippen LogP contribution in [0.25, 0.3) is 0 Å². The summed E-state index contributed by atoms with van der Waals surface area (Å²) >= 11 is 0. The monoisotopic (exact) mass is 377 g/mol. The summed E-state index contributed by atoms with van der Waals surface area (Å²) in [5.41, 5.74) is -2.09. The van der Waals surface area contributed by atoms with Gasteiger partial charge in [0.1, 0.15) is 11.4 Å². The minimum Gasteiger partial charge on any atom is -0.444 e. The first-order valence-corrected chi connectivity index (χ1v) is 8.34. The lowest BCUT2D eigenvalue weighted by Crippen LogP contribution is -2.49. The molecule has 0 spiro atoms. The number of halogens is 4. The molecule has 1 aliphatic rings. The van der Waals surface area contributed by atoms with Gasteiger partial charge in [0, 0.05) is 12.1 Å². The first kappa shape index (κ1) is 20.5. The zero-order chi connectivity index (χ0) is 19.9. The molecule has 1 saturated heterocycles. The van der Waals surface area contributed by atoms with Crippen molar-refractivity contribution >= 4 is 6.09 Å². The van der Waals surface area contributed by atoms with Crippen LogP contribution in [0.4, 0.5) is 22.4 Å². The standard InChI is InChI=1S/C18H23F4NO3/c1-10-7-14(24)15(23(9-10)16(25)26-17(2,3)4)12-6-5-11(8-13(12)19)18(20,21)22/h5-6,8,10,14-15,24H,7,9H2,1-4H3/t10-,14+,15+/m1/s1. The predicted molar refractivity (Wildman–Crippen MR) is 86.9 cm³/mol. The summed E-state index contributed by atoms with van der Waals surface area (Å²) < 4.78 is 58.0. The molecule has 26 heavy (non-hydrogen) atoms. The predicted octanol–water partition coefficient (Wildman–Crippen LogP) is 4.52. The third kappa shape index (κ3) is 4.66.